The number of amides is 1. The average molecular weight is 367 g/mol. The summed E-state index contributed by atoms with van der Waals surface area (Å²) >= 11 is 0. The van der Waals surface area contributed by atoms with Crippen LogP contribution in [0, 0.1) is 6.92 Å². The molecule has 2 atom stereocenters. The number of hydrogen-bond acceptors (Lipinski definition) is 5. The van der Waals surface area contributed by atoms with Crippen LogP contribution in [0.5, 0.6) is 0 Å². The molecule has 7 heteroatoms. The summed E-state index contributed by atoms with van der Waals surface area (Å²) in [5.41, 5.74) is -2.77. The monoisotopic (exact) mass is 367 g/mol. The molecule has 1 N–H and O–H groups in total. The average Bonchev–Trinajstić information content (AvgIpc) is 2.51. The van der Waals surface area contributed by atoms with Crippen LogP contribution in [0.15, 0.2) is 24.3 Å². The van der Waals surface area contributed by atoms with Crippen molar-refractivity contribution in [1.82, 2.24) is 5.32 Å². The van der Waals surface area contributed by atoms with E-state index < -0.39 is 35.2 Å². The zero-order valence-corrected chi connectivity index (χ0v) is 16.0. The lowest BCUT2D eigenvalue weighted by Crippen LogP contribution is -2.54. The van der Waals surface area contributed by atoms with E-state index in [-0.39, 0.29) is 12.2 Å². The van der Waals surface area contributed by atoms with Crippen LogP contribution < -0.4 is 5.32 Å². The maximum atomic E-state index is 15.6. The molecule has 1 aromatic rings. The first-order valence-electron chi connectivity index (χ1n) is 8.35. The van der Waals surface area contributed by atoms with Gasteiger partial charge in [-0.25, -0.2) is 14.0 Å². The van der Waals surface area contributed by atoms with E-state index in [4.69, 9.17) is 9.47 Å². The zero-order chi connectivity index (χ0) is 20.1. The number of ketones is 1. The highest BCUT2D eigenvalue weighted by molar-refractivity contribution is 6.07. The topological polar surface area (TPSA) is 81.7 Å². The van der Waals surface area contributed by atoms with Gasteiger partial charge in [0.05, 0.1) is 6.61 Å². The van der Waals surface area contributed by atoms with E-state index in [1.165, 1.54) is 19.1 Å². The van der Waals surface area contributed by atoms with Crippen LogP contribution in [0.2, 0.25) is 0 Å². The normalized spacial score (nSPS) is 14.7. The van der Waals surface area contributed by atoms with Crippen LogP contribution >= 0.6 is 0 Å². The number of carbonyl (C=O) groups is 3. The van der Waals surface area contributed by atoms with E-state index in [0.29, 0.717) is 0 Å². The fraction of sp³-hybridized carbons (Fsp3) is 0.526. The van der Waals surface area contributed by atoms with Crippen molar-refractivity contribution in [2.75, 3.05) is 6.61 Å². The molecule has 0 spiro atoms. The Labute approximate surface area is 153 Å². The third kappa shape index (κ3) is 5.28. The van der Waals surface area contributed by atoms with Crippen LogP contribution in [0.3, 0.4) is 0 Å². The Morgan fingerprint density at radius 1 is 1.15 bits per heavy atom. The maximum Gasteiger partial charge on any atom is 0.408 e. The Kier molecular flexibility index (Phi) is 6.89. The van der Waals surface area contributed by atoms with Gasteiger partial charge < -0.3 is 14.8 Å². The van der Waals surface area contributed by atoms with Crippen LogP contribution in [0.4, 0.5) is 9.18 Å². The Hall–Kier alpha value is -2.44. The Morgan fingerprint density at radius 2 is 1.69 bits per heavy atom. The summed E-state index contributed by atoms with van der Waals surface area (Å²) < 4.78 is 25.5. The Morgan fingerprint density at radius 3 is 2.12 bits per heavy atom. The van der Waals surface area contributed by atoms with Crippen molar-refractivity contribution in [1.29, 1.82) is 0 Å². The lowest BCUT2D eigenvalue weighted by Gasteiger charge is -2.31. The van der Waals surface area contributed by atoms with E-state index in [1.807, 2.05) is 6.92 Å². The predicted molar refractivity (Wildman–Crippen MR) is 94.4 cm³/mol. The number of esters is 1. The fourth-order valence-corrected chi connectivity index (χ4v) is 2.30. The van der Waals surface area contributed by atoms with Crippen molar-refractivity contribution >= 4 is 17.8 Å². The second-order valence-corrected chi connectivity index (χ2v) is 6.98. The molecule has 0 aliphatic heterocycles. The van der Waals surface area contributed by atoms with Crippen LogP contribution in [-0.2, 0) is 19.1 Å². The molecule has 0 aliphatic rings. The van der Waals surface area contributed by atoms with Gasteiger partial charge in [0.25, 0.3) is 5.67 Å². The van der Waals surface area contributed by atoms with Crippen molar-refractivity contribution in [3.8, 4) is 0 Å². The highest BCUT2D eigenvalue weighted by atomic mass is 19.1. The predicted octanol–water partition coefficient (Wildman–Crippen LogP) is 3.42. The number of alkyl carbamates (subject to hydrolysis) is 1. The van der Waals surface area contributed by atoms with Crippen molar-refractivity contribution in [3.63, 3.8) is 0 Å². The number of halogens is 1. The first-order chi connectivity index (χ1) is 11.9. The van der Waals surface area contributed by atoms with Gasteiger partial charge in [0.1, 0.15) is 11.6 Å². The number of hydrogen-bond donors (Lipinski definition) is 1. The molecule has 6 nitrogen and oxygen atoms in total. The summed E-state index contributed by atoms with van der Waals surface area (Å²) in [4.78, 5) is 36.5. The number of Topliss-reactive ketones (excluding diaryl/α,β-unsaturated/α-hetero) is 1. The molecule has 1 amide bonds. The molecule has 144 valence electrons. The summed E-state index contributed by atoms with van der Waals surface area (Å²) in [5.74, 6) is -2.42. The molecule has 0 aromatic heterocycles. The quantitative estimate of drug-likeness (QED) is 0.615. The molecular formula is C19H26FNO5. The molecule has 1 aromatic carbocycles. The van der Waals surface area contributed by atoms with Gasteiger partial charge in [-0.05, 0) is 47.1 Å². The second kappa shape index (κ2) is 8.29. The Bertz CT molecular complexity index is 666. The van der Waals surface area contributed by atoms with E-state index >= 15 is 4.39 Å². The highest BCUT2D eigenvalue weighted by Crippen LogP contribution is 2.33. The maximum absolute atomic E-state index is 15.6. The first-order valence-corrected chi connectivity index (χ1v) is 8.35. The van der Waals surface area contributed by atoms with E-state index in [0.717, 1.165) is 12.5 Å². The van der Waals surface area contributed by atoms with Crippen molar-refractivity contribution < 1.29 is 28.2 Å². The lowest BCUT2D eigenvalue weighted by molar-refractivity contribution is -0.164. The minimum Gasteiger partial charge on any atom is -0.463 e. The van der Waals surface area contributed by atoms with Gasteiger partial charge in [-0.15, -0.1) is 0 Å². The molecular weight excluding hydrogens is 341 g/mol. The summed E-state index contributed by atoms with van der Waals surface area (Å²) in [6.45, 7) is 9.10. The molecule has 0 fully saturated rings. The third-order valence-electron chi connectivity index (χ3n) is 3.55. The molecule has 0 saturated heterocycles. The molecule has 0 heterocycles. The number of benzene rings is 1. The van der Waals surface area contributed by atoms with Gasteiger partial charge in [-0.2, -0.15) is 0 Å². The minimum atomic E-state index is -3.08. The first kappa shape index (κ1) is 21.6. The van der Waals surface area contributed by atoms with Gasteiger partial charge in [0.2, 0.25) is 0 Å². The number of alkyl halides is 1. The SMILES string of the molecule is CCOC(=O)[C@@](F)(C(C)=O)[C@@H](NC(=O)OC(C)(C)C)c1ccc(C)cc1. The molecule has 0 saturated carbocycles. The van der Waals surface area contributed by atoms with E-state index in [1.54, 1.807) is 32.9 Å². The van der Waals surface area contributed by atoms with Crippen molar-refractivity contribution in [2.24, 2.45) is 0 Å². The lowest BCUT2D eigenvalue weighted by atomic mass is 9.86. The van der Waals surface area contributed by atoms with E-state index in [2.05, 4.69) is 5.32 Å². The van der Waals surface area contributed by atoms with Crippen LogP contribution in [0.1, 0.15) is 51.8 Å². The number of nitrogens with one attached hydrogen (secondary N) is 1. The Balaban J connectivity index is 3.37. The summed E-state index contributed by atoms with van der Waals surface area (Å²) in [5, 5.41) is 2.31. The molecule has 0 aliphatic carbocycles. The third-order valence-corrected chi connectivity index (χ3v) is 3.55. The standard InChI is InChI=1S/C19H26FNO5/c1-7-25-16(23)19(20,13(3)22)15(14-10-8-12(2)9-11-14)21-17(24)26-18(4,5)6/h8-11,15H,7H2,1-6H3,(H,21,24)/t15-,19+/m0/s1. The molecule has 0 unspecified atom stereocenters. The summed E-state index contributed by atoms with van der Waals surface area (Å²) in [6, 6.07) is 4.85. The van der Waals surface area contributed by atoms with Crippen molar-refractivity contribution in [2.45, 2.75) is 58.9 Å². The van der Waals surface area contributed by atoms with Gasteiger partial charge in [0, 0.05) is 0 Å². The van der Waals surface area contributed by atoms with Gasteiger partial charge in [-0.3, -0.25) is 4.79 Å². The number of aryl methyl sites for hydroxylation is 1. The molecule has 26 heavy (non-hydrogen) atoms. The zero-order valence-electron chi connectivity index (χ0n) is 16.0. The van der Waals surface area contributed by atoms with E-state index in [9.17, 15) is 14.4 Å². The summed E-state index contributed by atoms with van der Waals surface area (Å²) in [7, 11) is 0. The molecule has 0 bridgehead atoms. The summed E-state index contributed by atoms with van der Waals surface area (Å²) in [6.07, 6.45) is -0.948. The largest absolute Gasteiger partial charge is 0.463 e. The number of ether oxygens (including phenoxy) is 2. The molecule has 1 rings (SSSR count). The van der Waals surface area contributed by atoms with Gasteiger partial charge in [-0.1, -0.05) is 29.8 Å². The smallest absolute Gasteiger partial charge is 0.408 e. The fourth-order valence-electron chi connectivity index (χ4n) is 2.30. The highest BCUT2D eigenvalue weighted by Gasteiger charge is 2.54. The van der Waals surface area contributed by atoms with Crippen LogP contribution in [0.25, 0.3) is 0 Å². The van der Waals surface area contributed by atoms with Gasteiger partial charge >= 0.3 is 12.1 Å². The number of carbonyl (C=O) groups excluding carboxylic acids is 3. The molecule has 0 radical (unpaired) electrons. The van der Waals surface area contributed by atoms with Gasteiger partial charge in [0.15, 0.2) is 5.78 Å². The minimum absolute atomic E-state index is 0.106. The van der Waals surface area contributed by atoms with Crippen molar-refractivity contribution in [3.05, 3.63) is 35.4 Å². The van der Waals surface area contributed by atoms with Crippen LogP contribution in [-0.4, -0.2) is 35.7 Å². The second-order valence-electron chi connectivity index (χ2n) is 6.98. The number of rotatable bonds is 6.